The summed E-state index contributed by atoms with van der Waals surface area (Å²) in [6, 6.07) is 4.33. The lowest BCUT2D eigenvalue weighted by atomic mass is 9.95. The molecule has 0 aliphatic carbocycles. The summed E-state index contributed by atoms with van der Waals surface area (Å²) in [7, 11) is 0. The Bertz CT molecular complexity index is 597. The maximum absolute atomic E-state index is 13.0. The fourth-order valence-electron chi connectivity index (χ4n) is 1.28. The first kappa shape index (κ1) is 13.2. The van der Waals surface area contributed by atoms with Gasteiger partial charge in [-0.3, -0.25) is 4.79 Å². The van der Waals surface area contributed by atoms with E-state index in [1.807, 2.05) is 0 Å². The number of anilines is 1. The fraction of sp³-hybridized carbons (Fsp3) is 0.333. The maximum atomic E-state index is 13.0. The number of fused-ring (bicyclic) bond motifs is 1. The van der Waals surface area contributed by atoms with Crippen molar-refractivity contribution >= 4 is 44.2 Å². The second-order valence-corrected chi connectivity index (χ2v) is 5.90. The number of carbonyl (C=O) groups excluding carboxylic acids is 1. The molecular weight excluding hydrogens is 275 g/mol. The average Bonchev–Trinajstić information content (AvgIpc) is 2.70. The van der Waals surface area contributed by atoms with Gasteiger partial charge in [0, 0.05) is 5.88 Å². The van der Waals surface area contributed by atoms with Gasteiger partial charge in [0.1, 0.15) is 5.82 Å². The number of nitrogens with one attached hydrogen (secondary N) is 1. The van der Waals surface area contributed by atoms with Crippen LogP contribution in [-0.4, -0.2) is 16.8 Å². The van der Waals surface area contributed by atoms with E-state index >= 15 is 0 Å². The molecule has 2 aromatic rings. The summed E-state index contributed by atoms with van der Waals surface area (Å²) >= 11 is 6.97. The summed E-state index contributed by atoms with van der Waals surface area (Å²) in [4.78, 5) is 16.1. The highest BCUT2D eigenvalue weighted by Crippen LogP contribution is 2.28. The minimum absolute atomic E-state index is 0.197. The molecule has 0 saturated heterocycles. The van der Waals surface area contributed by atoms with Crippen LogP contribution in [0.4, 0.5) is 9.52 Å². The largest absolute Gasteiger partial charge is 0.301 e. The zero-order valence-electron chi connectivity index (χ0n) is 9.96. The van der Waals surface area contributed by atoms with Gasteiger partial charge in [0.15, 0.2) is 5.13 Å². The third kappa shape index (κ3) is 2.62. The Morgan fingerprint density at radius 1 is 1.56 bits per heavy atom. The lowest BCUT2D eigenvalue weighted by Gasteiger charge is -2.18. The first-order valence-electron chi connectivity index (χ1n) is 5.36. The van der Waals surface area contributed by atoms with Crippen LogP contribution in [0.25, 0.3) is 10.2 Å². The van der Waals surface area contributed by atoms with Gasteiger partial charge in [-0.2, -0.15) is 0 Å². The van der Waals surface area contributed by atoms with Crippen molar-refractivity contribution in [3.63, 3.8) is 0 Å². The standard InChI is InChI=1S/C12H12ClFN2OS/c1-12(2,6-13)10(17)16-11-15-8-4-3-7(14)5-9(8)18-11/h3-5H,6H2,1-2H3,(H,15,16,17). The van der Waals surface area contributed by atoms with E-state index in [4.69, 9.17) is 11.6 Å². The summed E-state index contributed by atoms with van der Waals surface area (Å²) in [5.41, 5.74) is 0.00497. The number of hydrogen-bond acceptors (Lipinski definition) is 3. The SMILES string of the molecule is CC(C)(CCl)C(=O)Nc1nc2ccc(F)cc2s1. The number of benzene rings is 1. The highest BCUT2D eigenvalue weighted by molar-refractivity contribution is 7.22. The van der Waals surface area contributed by atoms with E-state index in [9.17, 15) is 9.18 Å². The molecule has 0 unspecified atom stereocenters. The average molecular weight is 287 g/mol. The predicted molar refractivity (Wildman–Crippen MR) is 72.7 cm³/mol. The molecule has 0 saturated carbocycles. The van der Waals surface area contributed by atoms with Crippen molar-refractivity contribution in [1.82, 2.24) is 4.98 Å². The molecule has 1 N–H and O–H groups in total. The van der Waals surface area contributed by atoms with E-state index in [2.05, 4.69) is 10.3 Å². The van der Waals surface area contributed by atoms with Gasteiger partial charge in [-0.15, -0.1) is 11.6 Å². The van der Waals surface area contributed by atoms with Crippen molar-refractivity contribution in [3.05, 3.63) is 24.0 Å². The number of nitrogens with zero attached hydrogens (tertiary/aromatic N) is 1. The van der Waals surface area contributed by atoms with E-state index in [0.717, 1.165) is 0 Å². The van der Waals surface area contributed by atoms with Gasteiger partial charge < -0.3 is 5.32 Å². The molecular formula is C12H12ClFN2OS. The minimum atomic E-state index is -0.662. The predicted octanol–water partition coefficient (Wildman–Crippen LogP) is 3.64. The number of hydrogen-bond donors (Lipinski definition) is 1. The van der Waals surface area contributed by atoms with Crippen LogP contribution in [0.15, 0.2) is 18.2 Å². The molecule has 1 heterocycles. The summed E-state index contributed by atoms with van der Waals surface area (Å²) in [5.74, 6) is -0.291. The van der Waals surface area contributed by atoms with Gasteiger partial charge in [-0.05, 0) is 32.0 Å². The van der Waals surface area contributed by atoms with Crippen molar-refractivity contribution in [3.8, 4) is 0 Å². The highest BCUT2D eigenvalue weighted by atomic mass is 35.5. The van der Waals surface area contributed by atoms with Crippen molar-refractivity contribution < 1.29 is 9.18 Å². The Kier molecular flexibility index (Phi) is 3.54. The summed E-state index contributed by atoms with van der Waals surface area (Å²) < 4.78 is 13.7. The third-order valence-corrected chi connectivity index (χ3v) is 4.12. The number of rotatable bonds is 3. The zero-order valence-corrected chi connectivity index (χ0v) is 11.5. The number of halogens is 2. The quantitative estimate of drug-likeness (QED) is 0.875. The highest BCUT2D eigenvalue weighted by Gasteiger charge is 2.27. The summed E-state index contributed by atoms with van der Waals surface area (Å²) in [6.45, 7) is 3.50. The van der Waals surface area contributed by atoms with Crippen molar-refractivity contribution in [2.24, 2.45) is 5.41 Å². The maximum Gasteiger partial charge on any atom is 0.233 e. The number of thiazole rings is 1. The molecule has 1 aromatic carbocycles. The Hall–Kier alpha value is -1.20. The molecule has 0 spiro atoms. The molecule has 0 aliphatic rings. The number of carbonyl (C=O) groups is 1. The Morgan fingerprint density at radius 3 is 2.94 bits per heavy atom. The van der Waals surface area contributed by atoms with Crippen LogP contribution >= 0.6 is 22.9 Å². The van der Waals surface area contributed by atoms with E-state index in [0.29, 0.717) is 15.3 Å². The summed E-state index contributed by atoms with van der Waals surface area (Å²) in [5, 5.41) is 3.16. The smallest absolute Gasteiger partial charge is 0.233 e. The van der Waals surface area contributed by atoms with Crippen LogP contribution in [0, 0.1) is 11.2 Å². The monoisotopic (exact) mass is 286 g/mol. The number of amides is 1. The molecule has 96 valence electrons. The van der Waals surface area contributed by atoms with Gasteiger partial charge >= 0.3 is 0 Å². The second-order valence-electron chi connectivity index (χ2n) is 4.60. The van der Waals surface area contributed by atoms with Crippen LogP contribution in [0.1, 0.15) is 13.8 Å². The molecule has 0 fully saturated rings. The molecule has 3 nitrogen and oxygen atoms in total. The molecule has 18 heavy (non-hydrogen) atoms. The van der Waals surface area contributed by atoms with Gasteiger partial charge in [0.05, 0.1) is 15.6 Å². The van der Waals surface area contributed by atoms with Gasteiger partial charge in [-0.1, -0.05) is 11.3 Å². The molecule has 1 aromatic heterocycles. The first-order chi connectivity index (χ1) is 8.42. The Labute approximate surface area is 113 Å². The van der Waals surface area contributed by atoms with Crippen LogP contribution in [-0.2, 0) is 4.79 Å². The Balaban J connectivity index is 2.25. The lowest BCUT2D eigenvalue weighted by Crippen LogP contribution is -2.32. The number of aromatic nitrogens is 1. The van der Waals surface area contributed by atoms with Gasteiger partial charge in [0.2, 0.25) is 5.91 Å². The van der Waals surface area contributed by atoms with Crippen LogP contribution in [0.2, 0.25) is 0 Å². The zero-order chi connectivity index (χ0) is 13.3. The molecule has 0 bridgehead atoms. The number of alkyl halides is 1. The first-order valence-corrected chi connectivity index (χ1v) is 6.71. The van der Waals surface area contributed by atoms with E-state index in [-0.39, 0.29) is 17.6 Å². The Morgan fingerprint density at radius 2 is 2.28 bits per heavy atom. The second kappa shape index (κ2) is 4.82. The van der Waals surface area contributed by atoms with Gasteiger partial charge in [0.25, 0.3) is 0 Å². The van der Waals surface area contributed by atoms with Crippen LogP contribution in [0.5, 0.6) is 0 Å². The lowest BCUT2D eigenvalue weighted by molar-refractivity contribution is -0.122. The van der Waals surface area contributed by atoms with Crippen LogP contribution < -0.4 is 5.32 Å². The summed E-state index contributed by atoms with van der Waals surface area (Å²) in [6.07, 6.45) is 0. The molecule has 0 radical (unpaired) electrons. The fourth-order valence-corrected chi connectivity index (χ4v) is 2.29. The molecule has 2 rings (SSSR count). The van der Waals surface area contributed by atoms with Crippen molar-refractivity contribution in [2.45, 2.75) is 13.8 Å². The molecule has 0 atom stereocenters. The molecule has 1 amide bonds. The normalized spacial score (nSPS) is 11.8. The van der Waals surface area contributed by atoms with Crippen LogP contribution in [0.3, 0.4) is 0 Å². The third-order valence-electron chi connectivity index (χ3n) is 2.52. The van der Waals surface area contributed by atoms with E-state index < -0.39 is 5.41 Å². The minimum Gasteiger partial charge on any atom is -0.301 e. The van der Waals surface area contributed by atoms with Crippen molar-refractivity contribution in [1.29, 1.82) is 0 Å². The van der Waals surface area contributed by atoms with E-state index in [1.165, 1.54) is 23.5 Å². The van der Waals surface area contributed by atoms with Crippen molar-refractivity contribution in [2.75, 3.05) is 11.2 Å². The molecule has 0 aliphatic heterocycles. The van der Waals surface area contributed by atoms with E-state index in [1.54, 1.807) is 19.9 Å². The van der Waals surface area contributed by atoms with Gasteiger partial charge in [-0.25, -0.2) is 9.37 Å². The molecule has 6 heteroatoms. The topological polar surface area (TPSA) is 42.0 Å².